The monoisotopic (exact) mass is 377 g/mol. The molecule has 1 N–H and O–H groups in total. The molecule has 2 aromatic rings. The average Bonchev–Trinajstić information content (AvgIpc) is 2.58. The normalized spacial score (nSPS) is 11.7. The minimum absolute atomic E-state index is 0.308. The predicted octanol–water partition coefficient (Wildman–Crippen LogP) is 4.62. The number of ether oxygens (including phenoxy) is 1. The number of aryl methyl sites for hydroxylation is 2. The van der Waals surface area contributed by atoms with Crippen molar-refractivity contribution < 1.29 is 14.3 Å². The van der Waals surface area contributed by atoms with Gasteiger partial charge in [-0.3, -0.25) is 9.59 Å². The number of nitrogens with one attached hydrogen (secondary N) is 1. The van der Waals surface area contributed by atoms with E-state index in [1.807, 2.05) is 44.2 Å². The SMILES string of the molecule is Cc1ccc(C)c(NC(=O)COC(=O)[C@@H](C)Sc2ccc(Cl)cc2)c1. The number of amides is 1. The lowest BCUT2D eigenvalue weighted by Crippen LogP contribution is -2.25. The van der Waals surface area contributed by atoms with E-state index >= 15 is 0 Å². The van der Waals surface area contributed by atoms with E-state index in [-0.39, 0.29) is 12.5 Å². The van der Waals surface area contributed by atoms with Gasteiger partial charge in [-0.05, 0) is 62.2 Å². The van der Waals surface area contributed by atoms with Gasteiger partial charge < -0.3 is 10.1 Å². The third-order valence-corrected chi connectivity index (χ3v) is 4.81. The van der Waals surface area contributed by atoms with Crippen LogP contribution in [0.3, 0.4) is 0 Å². The molecular formula is C19H20ClNO3S. The molecule has 132 valence electrons. The van der Waals surface area contributed by atoms with E-state index in [1.165, 1.54) is 11.8 Å². The van der Waals surface area contributed by atoms with Gasteiger partial charge in [0.2, 0.25) is 0 Å². The highest BCUT2D eigenvalue weighted by molar-refractivity contribution is 8.00. The third-order valence-electron chi connectivity index (χ3n) is 3.47. The summed E-state index contributed by atoms with van der Waals surface area (Å²) >= 11 is 7.19. The lowest BCUT2D eigenvalue weighted by molar-refractivity contribution is -0.146. The fourth-order valence-corrected chi connectivity index (χ4v) is 3.07. The average molecular weight is 378 g/mol. The zero-order chi connectivity index (χ0) is 18.4. The van der Waals surface area contributed by atoms with Crippen LogP contribution < -0.4 is 5.32 Å². The molecule has 4 nitrogen and oxygen atoms in total. The van der Waals surface area contributed by atoms with Crippen LogP contribution in [-0.4, -0.2) is 23.7 Å². The Kier molecular flexibility index (Phi) is 6.91. The molecule has 0 saturated heterocycles. The summed E-state index contributed by atoms with van der Waals surface area (Å²) in [6.07, 6.45) is 0. The number of esters is 1. The standard InChI is InChI=1S/C19H20ClNO3S/c1-12-4-5-13(2)17(10-12)21-18(22)11-24-19(23)14(3)25-16-8-6-15(20)7-9-16/h4-10,14H,11H2,1-3H3,(H,21,22)/t14-/m1/s1. The van der Waals surface area contributed by atoms with Gasteiger partial charge >= 0.3 is 5.97 Å². The van der Waals surface area contributed by atoms with Crippen LogP contribution in [0.2, 0.25) is 5.02 Å². The zero-order valence-corrected chi connectivity index (χ0v) is 15.9. The highest BCUT2D eigenvalue weighted by atomic mass is 35.5. The maximum absolute atomic E-state index is 12.0. The Balaban J connectivity index is 1.83. The van der Waals surface area contributed by atoms with Crippen molar-refractivity contribution >= 4 is 40.9 Å². The second-order valence-corrected chi connectivity index (χ2v) is 7.54. The molecule has 2 aromatic carbocycles. The van der Waals surface area contributed by atoms with Gasteiger partial charge in [-0.25, -0.2) is 0 Å². The number of carbonyl (C=O) groups is 2. The smallest absolute Gasteiger partial charge is 0.319 e. The van der Waals surface area contributed by atoms with Gasteiger partial charge in [0.25, 0.3) is 5.91 Å². The van der Waals surface area contributed by atoms with Crippen molar-refractivity contribution in [2.75, 3.05) is 11.9 Å². The van der Waals surface area contributed by atoms with E-state index in [9.17, 15) is 9.59 Å². The number of thioether (sulfide) groups is 1. The van der Waals surface area contributed by atoms with Gasteiger partial charge in [0.05, 0.1) is 0 Å². The Morgan fingerprint density at radius 1 is 1.16 bits per heavy atom. The molecule has 6 heteroatoms. The molecule has 0 heterocycles. The molecule has 25 heavy (non-hydrogen) atoms. The number of halogens is 1. The van der Waals surface area contributed by atoms with Crippen LogP contribution in [0.5, 0.6) is 0 Å². The van der Waals surface area contributed by atoms with E-state index in [4.69, 9.17) is 16.3 Å². The van der Waals surface area contributed by atoms with Crippen molar-refractivity contribution in [1.29, 1.82) is 0 Å². The topological polar surface area (TPSA) is 55.4 Å². The number of hydrogen-bond donors (Lipinski definition) is 1. The molecule has 2 rings (SSSR count). The van der Waals surface area contributed by atoms with Crippen LogP contribution in [0.15, 0.2) is 47.4 Å². The Labute approximate surface area is 156 Å². The molecule has 0 fully saturated rings. The van der Waals surface area contributed by atoms with Gasteiger partial charge in [0.1, 0.15) is 5.25 Å². The molecule has 1 atom stereocenters. The first kappa shape index (κ1) is 19.3. The first-order chi connectivity index (χ1) is 11.8. The summed E-state index contributed by atoms with van der Waals surface area (Å²) in [5.74, 6) is -0.790. The summed E-state index contributed by atoms with van der Waals surface area (Å²) in [5.41, 5.74) is 2.73. The van der Waals surface area contributed by atoms with Crippen LogP contribution in [0, 0.1) is 13.8 Å². The van der Waals surface area contributed by atoms with Crippen LogP contribution in [-0.2, 0) is 14.3 Å². The molecule has 0 radical (unpaired) electrons. The molecule has 1 amide bonds. The Hall–Kier alpha value is -1.98. The molecular weight excluding hydrogens is 358 g/mol. The van der Waals surface area contributed by atoms with E-state index in [0.717, 1.165) is 21.7 Å². The quantitative estimate of drug-likeness (QED) is 0.589. The molecule has 0 aromatic heterocycles. The molecule has 0 aliphatic heterocycles. The van der Waals surface area contributed by atoms with Crippen molar-refractivity contribution in [2.24, 2.45) is 0 Å². The Bertz CT molecular complexity index is 762. The second-order valence-electron chi connectivity index (χ2n) is 5.69. The first-order valence-electron chi connectivity index (χ1n) is 7.81. The third kappa shape index (κ3) is 6.11. The van der Waals surface area contributed by atoms with Gasteiger partial charge in [0.15, 0.2) is 6.61 Å². The molecule has 0 aliphatic rings. The van der Waals surface area contributed by atoms with Gasteiger partial charge in [-0.2, -0.15) is 0 Å². The molecule has 0 unspecified atom stereocenters. The van der Waals surface area contributed by atoms with Crippen molar-refractivity contribution in [3.8, 4) is 0 Å². The van der Waals surface area contributed by atoms with Gasteiger partial charge in [-0.15, -0.1) is 11.8 Å². The van der Waals surface area contributed by atoms with Crippen molar-refractivity contribution in [1.82, 2.24) is 0 Å². The molecule has 0 spiro atoms. The number of carbonyl (C=O) groups excluding carboxylic acids is 2. The molecule has 0 aliphatic carbocycles. The van der Waals surface area contributed by atoms with Gasteiger partial charge in [-0.1, -0.05) is 23.7 Å². The zero-order valence-electron chi connectivity index (χ0n) is 14.3. The largest absolute Gasteiger partial charge is 0.455 e. The van der Waals surface area contributed by atoms with Crippen LogP contribution in [0.25, 0.3) is 0 Å². The number of rotatable bonds is 6. The van der Waals surface area contributed by atoms with Crippen LogP contribution in [0.4, 0.5) is 5.69 Å². The maximum Gasteiger partial charge on any atom is 0.319 e. The van der Waals surface area contributed by atoms with Crippen LogP contribution in [0.1, 0.15) is 18.1 Å². The fourth-order valence-electron chi connectivity index (χ4n) is 2.08. The first-order valence-corrected chi connectivity index (χ1v) is 9.07. The summed E-state index contributed by atoms with van der Waals surface area (Å²) in [6.45, 7) is 5.29. The van der Waals surface area contributed by atoms with E-state index < -0.39 is 11.2 Å². The summed E-state index contributed by atoms with van der Waals surface area (Å²) in [6, 6.07) is 13.0. The maximum atomic E-state index is 12.0. The highest BCUT2D eigenvalue weighted by Gasteiger charge is 2.17. The van der Waals surface area contributed by atoms with E-state index in [0.29, 0.717) is 5.02 Å². The van der Waals surface area contributed by atoms with Crippen LogP contribution >= 0.6 is 23.4 Å². The Morgan fingerprint density at radius 2 is 1.84 bits per heavy atom. The lowest BCUT2D eigenvalue weighted by atomic mass is 10.1. The van der Waals surface area contributed by atoms with E-state index in [1.54, 1.807) is 19.1 Å². The van der Waals surface area contributed by atoms with Crippen molar-refractivity contribution in [3.05, 3.63) is 58.6 Å². The lowest BCUT2D eigenvalue weighted by Gasteiger charge is -2.12. The number of anilines is 1. The molecule has 0 saturated carbocycles. The summed E-state index contributed by atoms with van der Waals surface area (Å²) in [4.78, 5) is 24.9. The fraction of sp³-hybridized carbons (Fsp3) is 0.263. The Morgan fingerprint density at radius 3 is 2.52 bits per heavy atom. The number of hydrogen-bond acceptors (Lipinski definition) is 4. The summed E-state index contributed by atoms with van der Waals surface area (Å²) in [5, 5.41) is 2.98. The summed E-state index contributed by atoms with van der Waals surface area (Å²) in [7, 11) is 0. The highest BCUT2D eigenvalue weighted by Crippen LogP contribution is 2.25. The molecule has 0 bridgehead atoms. The van der Waals surface area contributed by atoms with Crippen molar-refractivity contribution in [2.45, 2.75) is 30.9 Å². The summed E-state index contributed by atoms with van der Waals surface area (Å²) < 4.78 is 5.11. The van der Waals surface area contributed by atoms with Gasteiger partial charge in [0, 0.05) is 15.6 Å². The van der Waals surface area contributed by atoms with E-state index in [2.05, 4.69) is 5.32 Å². The van der Waals surface area contributed by atoms with Crippen molar-refractivity contribution in [3.63, 3.8) is 0 Å². The minimum Gasteiger partial charge on any atom is -0.455 e. The second kappa shape index (κ2) is 8.92. The predicted molar refractivity (Wildman–Crippen MR) is 102 cm³/mol. The number of benzene rings is 2. The minimum atomic E-state index is -0.434.